The van der Waals surface area contributed by atoms with Gasteiger partial charge in [-0.2, -0.15) is 0 Å². The van der Waals surface area contributed by atoms with E-state index in [4.69, 9.17) is 10.5 Å². The van der Waals surface area contributed by atoms with E-state index in [1.54, 1.807) is 48.3 Å². The van der Waals surface area contributed by atoms with Crippen LogP contribution < -0.4 is 10.5 Å². The van der Waals surface area contributed by atoms with Crippen molar-refractivity contribution in [1.82, 2.24) is 9.55 Å². The van der Waals surface area contributed by atoms with Gasteiger partial charge in [0.15, 0.2) is 12.4 Å². The largest absolute Gasteiger partial charge is 0.485 e. The fourth-order valence-electron chi connectivity index (χ4n) is 1.45. The highest BCUT2D eigenvalue weighted by Gasteiger charge is 2.11. The van der Waals surface area contributed by atoms with Crippen LogP contribution in [0, 0.1) is 0 Å². The lowest BCUT2D eigenvalue weighted by Crippen LogP contribution is -2.16. The van der Waals surface area contributed by atoms with Crippen molar-refractivity contribution in [2.24, 2.45) is 7.05 Å². The second-order valence-electron chi connectivity index (χ2n) is 3.65. The number of benzene rings is 1. The van der Waals surface area contributed by atoms with Gasteiger partial charge in [0.2, 0.25) is 5.78 Å². The maximum absolute atomic E-state index is 11.7. The van der Waals surface area contributed by atoms with E-state index in [2.05, 4.69) is 4.98 Å². The van der Waals surface area contributed by atoms with Gasteiger partial charge in [-0.15, -0.1) is 0 Å². The second-order valence-corrected chi connectivity index (χ2v) is 3.65. The van der Waals surface area contributed by atoms with Crippen molar-refractivity contribution < 1.29 is 9.53 Å². The van der Waals surface area contributed by atoms with Gasteiger partial charge in [-0.25, -0.2) is 4.98 Å². The van der Waals surface area contributed by atoms with Gasteiger partial charge in [-0.1, -0.05) is 6.07 Å². The Morgan fingerprint density at radius 2 is 2.35 bits per heavy atom. The number of rotatable bonds is 4. The van der Waals surface area contributed by atoms with Crippen LogP contribution in [0.3, 0.4) is 0 Å². The molecule has 0 atom stereocenters. The third kappa shape index (κ3) is 2.63. The summed E-state index contributed by atoms with van der Waals surface area (Å²) in [6, 6.07) is 6.96. The highest BCUT2D eigenvalue weighted by atomic mass is 16.5. The number of Topliss-reactive ketones (excluding diaryl/α,β-unsaturated/α-hetero) is 1. The Hall–Kier alpha value is -2.30. The quantitative estimate of drug-likeness (QED) is 0.635. The Morgan fingerprint density at radius 3 is 3.00 bits per heavy atom. The van der Waals surface area contributed by atoms with Gasteiger partial charge in [0.25, 0.3) is 0 Å². The van der Waals surface area contributed by atoms with Crippen LogP contribution in [0.5, 0.6) is 5.75 Å². The predicted molar refractivity (Wildman–Crippen MR) is 63.9 cm³/mol. The average molecular weight is 231 g/mol. The third-order valence-electron chi connectivity index (χ3n) is 2.30. The number of nitrogens with two attached hydrogens (primary N) is 1. The van der Waals surface area contributed by atoms with Gasteiger partial charge < -0.3 is 15.0 Å². The Labute approximate surface area is 98.8 Å². The molecule has 0 radical (unpaired) electrons. The van der Waals surface area contributed by atoms with E-state index in [1.807, 2.05) is 0 Å². The molecule has 2 aromatic rings. The summed E-state index contributed by atoms with van der Waals surface area (Å²) in [5.74, 6) is 0.793. The number of carbonyl (C=O) groups excluding carboxylic acids is 1. The van der Waals surface area contributed by atoms with Crippen LogP contribution in [-0.4, -0.2) is 21.9 Å². The number of carbonyl (C=O) groups is 1. The number of nitrogens with zero attached hydrogens (tertiary/aromatic N) is 2. The number of hydrogen-bond acceptors (Lipinski definition) is 4. The fourth-order valence-corrected chi connectivity index (χ4v) is 1.45. The molecule has 17 heavy (non-hydrogen) atoms. The van der Waals surface area contributed by atoms with E-state index >= 15 is 0 Å². The van der Waals surface area contributed by atoms with Gasteiger partial charge in [0, 0.05) is 31.2 Å². The molecule has 0 aliphatic carbocycles. The molecule has 0 saturated carbocycles. The Bertz CT molecular complexity index is 534. The van der Waals surface area contributed by atoms with Crippen LogP contribution in [0.2, 0.25) is 0 Å². The maximum Gasteiger partial charge on any atom is 0.235 e. The van der Waals surface area contributed by atoms with Gasteiger partial charge >= 0.3 is 0 Å². The van der Waals surface area contributed by atoms with Crippen molar-refractivity contribution >= 4 is 11.5 Å². The van der Waals surface area contributed by atoms with Gasteiger partial charge in [0.05, 0.1) is 0 Å². The maximum atomic E-state index is 11.7. The molecule has 2 rings (SSSR count). The molecule has 0 fully saturated rings. The number of ketones is 1. The molecular weight excluding hydrogens is 218 g/mol. The van der Waals surface area contributed by atoms with Crippen LogP contribution in [0.4, 0.5) is 5.69 Å². The Morgan fingerprint density at radius 1 is 1.53 bits per heavy atom. The Kier molecular flexibility index (Phi) is 3.09. The summed E-state index contributed by atoms with van der Waals surface area (Å²) < 4.78 is 7.00. The minimum Gasteiger partial charge on any atom is -0.485 e. The summed E-state index contributed by atoms with van der Waals surface area (Å²) in [6.07, 6.45) is 3.29. The number of nitrogen functional groups attached to an aromatic ring is 1. The zero-order valence-electron chi connectivity index (χ0n) is 9.46. The highest BCUT2D eigenvalue weighted by molar-refractivity contribution is 5.94. The van der Waals surface area contributed by atoms with E-state index in [-0.39, 0.29) is 12.4 Å². The molecule has 0 bridgehead atoms. The first-order valence-electron chi connectivity index (χ1n) is 5.15. The molecule has 1 aromatic heterocycles. The minimum atomic E-state index is -0.167. The van der Waals surface area contributed by atoms with E-state index in [0.717, 1.165) is 0 Å². The van der Waals surface area contributed by atoms with Crippen molar-refractivity contribution in [2.75, 3.05) is 12.3 Å². The van der Waals surface area contributed by atoms with Crippen molar-refractivity contribution in [3.63, 3.8) is 0 Å². The fraction of sp³-hybridized carbons (Fsp3) is 0.167. The van der Waals surface area contributed by atoms with Crippen LogP contribution in [-0.2, 0) is 7.05 Å². The number of aryl methyl sites for hydroxylation is 1. The van der Waals surface area contributed by atoms with E-state index < -0.39 is 0 Å². The van der Waals surface area contributed by atoms with Crippen LogP contribution in [0.15, 0.2) is 36.7 Å². The molecule has 2 N–H and O–H groups in total. The zero-order chi connectivity index (χ0) is 12.3. The van der Waals surface area contributed by atoms with E-state index in [0.29, 0.717) is 17.3 Å². The van der Waals surface area contributed by atoms with Crippen LogP contribution in [0.25, 0.3) is 0 Å². The molecule has 5 heteroatoms. The van der Waals surface area contributed by atoms with Gasteiger partial charge in [0.1, 0.15) is 5.75 Å². The van der Waals surface area contributed by atoms with Crippen LogP contribution in [0.1, 0.15) is 10.6 Å². The van der Waals surface area contributed by atoms with Crippen molar-refractivity contribution in [1.29, 1.82) is 0 Å². The third-order valence-corrected chi connectivity index (χ3v) is 2.30. The van der Waals surface area contributed by atoms with Crippen molar-refractivity contribution in [3.05, 3.63) is 42.5 Å². The SMILES string of the molecule is Cn1ccnc1C(=O)COc1cccc(N)c1. The summed E-state index contributed by atoms with van der Waals surface area (Å²) in [7, 11) is 1.76. The molecule has 0 unspecified atom stereocenters. The number of imidazole rings is 1. The molecule has 1 heterocycles. The highest BCUT2D eigenvalue weighted by Crippen LogP contribution is 2.14. The summed E-state index contributed by atoms with van der Waals surface area (Å²) in [4.78, 5) is 15.7. The smallest absolute Gasteiger partial charge is 0.235 e. The second kappa shape index (κ2) is 4.69. The number of hydrogen-bond donors (Lipinski definition) is 1. The summed E-state index contributed by atoms with van der Waals surface area (Å²) >= 11 is 0. The first kappa shape index (κ1) is 11.2. The summed E-state index contributed by atoms with van der Waals surface area (Å²) in [5.41, 5.74) is 6.21. The lowest BCUT2D eigenvalue weighted by atomic mass is 10.3. The first-order chi connectivity index (χ1) is 8.16. The predicted octanol–water partition coefficient (Wildman–Crippen LogP) is 1.26. The number of ether oxygens (including phenoxy) is 1. The molecule has 5 nitrogen and oxygen atoms in total. The molecule has 1 aromatic carbocycles. The average Bonchev–Trinajstić information content (AvgIpc) is 2.72. The molecule has 0 aliphatic rings. The van der Waals surface area contributed by atoms with Crippen LogP contribution >= 0.6 is 0 Å². The first-order valence-corrected chi connectivity index (χ1v) is 5.15. The van der Waals surface area contributed by atoms with Crippen molar-refractivity contribution in [2.45, 2.75) is 0 Å². The lowest BCUT2D eigenvalue weighted by Gasteiger charge is -2.05. The lowest BCUT2D eigenvalue weighted by molar-refractivity contribution is 0.0908. The summed E-state index contributed by atoms with van der Waals surface area (Å²) in [5, 5.41) is 0. The van der Waals surface area contributed by atoms with E-state index in [1.165, 1.54) is 0 Å². The molecule has 0 aliphatic heterocycles. The minimum absolute atomic E-state index is 0.0473. The number of aromatic nitrogens is 2. The van der Waals surface area contributed by atoms with Gasteiger partial charge in [-0.05, 0) is 12.1 Å². The molecule has 88 valence electrons. The van der Waals surface area contributed by atoms with E-state index in [9.17, 15) is 4.79 Å². The topological polar surface area (TPSA) is 70.1 Å². The number of anilines is 1. The standard InChI is InChI=1S/C12H13N3O2/c1-15-6-5-14-12(15)11(16)8-17-10-4-2-3-9(13)7-10/h2-7H,8,13H2,1H3. The van der Waals surface area contributed by atoms with Crippen molar-refractivity contribution in [3.8, 4) is 5.75 Å². The zero-order valence-corrected chi connectivity index (χ0v) is 9.46. The van der Waals surface area contributed by atoms with Gasteiger partial charge in [-0.3, -0.25) is 4.79 Å². The molecular formula is C12H13N3O2. The summed E-state index contributed by atoms with van der Waals surface area (Å²) in [6.45, 7) is -0.0473. The molecule has 0 spiro atoms. The normalized spacial score (nSPS) is 10.2. The monoisotopic (exact) mass is 231 g/mol. The molecule has 0 saturated heterocycles. The molecule has 0 amide bonds. The Balaban J connectivity index is 1.99.